The number of ether oxygens (including phenoxy) is 1. The highest BCUT2D eigenvalue weighted by Crippen LogP contribution is 2.25. The van der Waals surface area contributed by atoms with E-state index in [0.717, 1.165) is 30.5 Å². The van der Waals surface area contributed by atoms with Crippen LogP contribution in [0.5, 0.6) is 0 Å². The standard InChI is InChI=1S/C20H23FN4O3/c21-16-6-2-1-4-13(16)11-22-18(26)10-14-12-28-9-8-25(14)20(27)19-15-5-3-7-17(15)23-24-19/h1-2,4,6,14H,3,5,7-12H2,(H,22,26)(H,23,24)/t14-/m1/s1. The van der Waals surface area contributed by atoms with Crippen molar-refractivity contribution in [2.24, 2.45) is 0 Å². The van der Waals surface area contributed by atoms with Crippen molar-refractivity contribution in [1.29, 1.82) is 0 Å². The summed E-state index contributed by atoms with van der Waals surface area (Å²) in [5, 5.41) is 9.90. The third-order valence-electron chi connectivity index (χ3n) is 5.35. The maximum absolute atomic E-state index is 13.7. The molecule has 4 rings (SSSR count). The van der Waals surface area contributed by atoms with Crippen LogP contribution in [0, 0.1) is 5.82 Å². The van der Waals surface area contributed by atoms with Crippen LogP contribution >= 0.6 is 0 Å². The molecule has 2 aromatic rings. The summed E-state index contributed by atoms with van der Waals surface area (Å²) in [6.07, 6.45) is 2.90. The first kappa shape index (κ1) is 18.6. The fourth-order valence-corrected chi connectivity index (χ4v) is 3.85. The van der Waals surface area contributed by atoms with Gasteiger partial charge >= 0.3 is 0 Å². The van der Waals surface area contributed by atoms with E-state index < -0.39 is 0 Å². The number of aromatic amines is 1. The van der Waals surface area contributed by atoms with Crippen molar-refractivity contribution in [3.05, 3.63) is 52.6 Å². The Morgan fingerprint density at radius 1 is 1.32 bits per heavy atom. The third kappa shape index (κ3) is 3.77. The molecule has 1 fully saturated rings. The summed E-state index contributed by atoms with van der Waals surface area (Å²) in [4.78, 5) is 27.1. The molecule has 7 nitrogen and oxygen atoms in total. The van der Waals surface area contributed by atoms with Gasteiger partial charge in [0, 0.05) is 36.3 Å². The number of carbonyl (C=O) groups is 2. The second-order valence-electron chi connectivity index (χ2n) is 7.18. The van der Waals surface area contributed by atoms with Gasteiger partial charge in [-0.05, 0) is 25.3 Å². The quantitative estimate of drug-likeness (QED) is 0.817. The van der Waals surface area contributed by atoms with Crippen molar-refractivity contribution in [3.8, 4) is 0 Å². The van der Waals surface area contributed by atoms with Gasteiger partial charge in [-0.15, -0.1) is 0 Å². The lowest BCUT2D eigenvalue weighted by atomic mass is 10.1. The topological polar surface area (TPSA) is 87.3 Å². The Balaban J connectivity index is 1.40. The van der Waals surface area contributed by atoms with E-state index in [4.69, 9.17) is 4.74 Å². The molecular weight excluding hydrogens is 363 g/mol. The molecule has 8 heteroatoms. The van der Waals surface area contributed by atoms with E-state index >= 15 is 0 Å². The lowest BCUT2D eigenvalue weighted by Crippen LogP contribution is -2.50. The number of benzene rings is 1. The van der Waals surface area contributed by atoms with Crippen LogP contribution in [-0.2, 0) is 28.9 Å². The van der Waals surface area contributed by atoms with Crippen molar-refractivity contribution in [3.63, 3.8) is 0 Å². The van der Waals surface area contributed by atoms with E-state index in [-0.39, 0.29) is 36.6 Å². The van der Waals surface area contributed by atoms with E-state index in [2.05, 4.69) is 15.5 Å². The molecule has 0 radical (unpaired) electrons. The molecule has 0 spiro atoms. The van der Waals surface area contributed by atoms with Gasteiger partial charge in [0.25, 0.3) is 5.91 Å². The minimum absolute atomic E-state index is 0.104. The van der Waals surface area contributed by atoms with Gasteiger partial charge in [-0.25, -0.2) is 4.39 Å². The maximum Gasteiger partial charge on any atom is 0.275 e. The zero-order valence-electron chi connectivity index (χ0n) is 15.5. The van der Waals surface area contributed by atoms with Gasteiger partial charge in [0.2, 0.25) is 5.91 Å². The zero-order chi connectivity index (χ0) is 19.5. The Morgan fingerprint density at radius 2 is 2.18 bits per heavy atom. The van der Waals surface area contributed by atoms with Gasteiger partial charge in [-0.3, -0.25) is 14.7 Å². The number of halogens is 1. The highest BCUT2D eigenvalue weighted by molar-refractivity contribution is 5.94. The zero-order valence-corrected chi connectivity index (χ0v) is 15.5. The summed E-state index contributed by atoms with van der Waals surface area (Å²) in [5.74, 6) is -0.758. The van der Waals surface area contributed by atoms with Gasteiger partial charge in [0.15, 0.2) is 5.69 Å². The third-order valence-corrected chi connectivity index (χ3v) is 5.35. The molecule has 2 amide bonds. The monoisotopic (exact) mass is 386 g/mol. The van der Waals surface area contributed by atoms with Crippen LogP contribution < -0.4 is 5.32 Å². The second kappa shape index (κ2) is 8.10. The van der Waals surface area contributed by atoms with Crippen LogP contribution in [0.4, 0.5) is 4.39 Å². The lowest BCUT2D eigenvalue weighted by Gasteiger charge is -2.35. The highest BCUT2D eigenvalue weighted by atomic mass is 19.1. The molecule has 0 bridgehead atoms. The Kier molecular flexibility index (Phi) is 5.38. The normalized spacial score (nSPS) is 18.8. The minimum Gasteiger partial charge on any atom is -0.377 e. The van der Waals surface area contributed by atoms with Gasteiger partial charge < -0.3 is 15.0 Å². The number of nitrogens with one attached hydrogen (secondary N) is 2. The van der Waals surface area contributed by atoms with E-state index in [0.29, 0.717) is 31.0 Å². The van der Waals surface area contributed by atoms with Crippen LogP contribution in [0.3, 0.4) is 0 Å². The Labute approximate surface area is 162 Å². The molecule has 1 atom stereocenters. The number of aryl methyl sites for hydroxylation is 1. The Bertz CT molecular complexity index is 882. The number of aromatic nitrogens is 2. The molecule has 0 saturated carbocycles. The second-order valence-corrected chi connectivity index (χ2v) is 7.18. The lowest BCUT2D eigenvalue weighted by molar-refractivity contribution is -0.123. The predicted molar refractivity (Wildman–Crippen MR) is 99.1 cm³/mol. The number of amides is 2. The van der Waals surface area contributed by atoms with Gasteiger partial charge in [0.05, 0.1) is 19.3 Å². The molecular formula is C20H23FN4O3. The molecule has 1 saturated heterocycles. The summed E-state index contributed by atoms with van der Waals surface area (Å²) in [7, 11) is 0. The molecule has 1 aromatic heterocycles. The van der Waals surface area contributed by atoms with Crippen molar-refractivity contribution in [1.82, 2.24) is 20.4 Å². The maximum atomic E-state index is 13.7. The fraction of sp³-hybridized carbons (Fsp3) is 0.450. The van der Waals surface area contributed by atoms with Crippen molar-refractivity contribution >= 4 is 11.8 Å². The number of carbonyl (C=O) groups excluding carboxylic acids is 2. The number of hydrogen-bond acceptors (Lipinski definition) is 4. The number of H-pyrrole nitrogens is 1. The van der Waals surface area contributed by atoms with E-state index in [1.54, 1.807) is 23.1 Å². The molecule has 2 aliphatic rings. The first-order valence-corrected chi connectivity index (χ1v) is 9.58. The number of fused-ring (bicyclic) bond motifs is 1. The molecule has 1 aromatic carbocycles. The predicted octanol–water partition coefficient (Wildman–Crippen LogP) is 1.59. The fourth-order valence-electron chi connectivity index (χ4n) is 3.85. The van der Waals surface area contributed by atoms with Crippen LogP contribution in [0.1, 0.15) is 40.2 Å². The van der Waals surface area contributed by atoms with Crippen molar-refractivity contribution in [2.75, 3.05) is 19.8 Å². The van der Waals surface area contributed by atoms with Crippen molar-refractivity contribution in [2.45, 2.75) is 38.3 Å². The molecule has 148 valence electrons. The number of morpholine rings is 1. The summed E-state index contributed by atoms with van der Waals surface area (Å²) in [6.45, 7) is 1.27. The van der Waals surface area contributed by atoms with Gasteiger partial charge in [0.1, 0.15) is 5.82 Å². The van der Waals surface area contributed by atoms with Crippen molar-refractivity contribution < 1.29 is 18.7 Å². The molecule has 1 aliphatic carbocycles. The Hall–Kier alpha value is -2.74. The van der Waals surface area contributed by atoms with Crippen LogP contribution in [-0.4, -0.2) is 52.7 Å². The Morgan fingerprint density at radius 3 is 3.04 bits per heavy atom. The first-order chi connectivity index (χ1) is 13.6. The summed E-state index contributed by atoms with van der Waals surface area (Å²) >= 11 is 0. The van der Waals surface area contributed by atoms with Crippen LogP contribution in [0.2, 0.25) is 0 Å². The van der Waals surface area contributed by atoms with E-state index in [9.17, 15) is 14.0 Å². The summed E-state index contributed by atoms with van der Waals surface area (Å²) in [5.41, 5.74) is 2.93. The number of rotatable bonds is 5. The van der Waals surface area contributed by atoms with Crippen LogP contribution in [0.15, 0.2) is 24.3 Å². The van der Waals surface area contributed by atoms with E-state index in [1.165, 1.54) is 6.07 Å². The number of hydrogen-bond donors (Lipinski definition) is 2. The molecule has 2 heterocycles. The smallest absolute Gasteiger partial charge is 0.275 e. The average Bonchev–Trinajstić information content (AvgIpc) is 3.31. The molecule has 1 aliphatic heterocycles. The average molecular weight is 386 g/mol. The largest absolute Gasteiger partial charge is 0.377 e. The molecule has 0 unspecified atom stereocenters. The highest BCUT2D eigenvalue weighted by Gasteiger charge is 2.33. The van der Waals surface area contributed by atoms with E-state index in [1.807, 2.05) is 0 Å². The summed E-state index contributed by atoms with van der Waals surface area (Å²) in [6, 6.07) is 5.96. The van der Waals surface area contributed by atoms with Gasteiger partial charge in [-0.1, -0.05) is 18.2 Å². The molecule has 2 N–H and O–H groups in total. The number of nitrogens with zero attached hydrogens (tertiary/aromatic N) is 2. The molecule has 28 heavy (non-hydrogen) atoms. The SMILES string of the molecule is O=C(C[C@@H]1COCCN1C(=O)c1n[nH]c2c1CCC2)NCc1ccccc1F. The van der Waals surface area contributed by atoms with Crippen LogP contribution in [0.25, 0.3) is 0 Å². The first-order valence-electron chi connectivity index (χ1n) is 9.58. The van der Waals surface area contributed by atoms with Gasteiger partial charge in [-0.2, -0.15) is 5.10 Å². The minimum atomic E-state index is -0.365. The summed E-state index contributed by atoms with van der Waals surface area (Å²) < 4.78 is 19.2.